The molecule has 1 aliphatic carbocycles. The summed E-state index contributed by atoms with van der Waals surface area (Å²) in [6, 6.07) is 3.04. The van der Waals surface area contributed by atoms with Crippen LogP contribution < -0.4 is 0 Å². The van der Waals surface area contributed by atoms with E-state index in [-0.39, 0.29) is 10.5 Å². The van der Waals surface area contributed by atoms with Crippen molar-refractivity contribution < 1.29 is 18.3 Å². The molecule has 6 heteroatoms. The van der Waals surface area contributed by atoms with Gasteiger partial charge in [0.1, 0.15) is 0 Å². The van der Waals surface area contributed by atoms with Crippen molar-refractivity contribution in [2.75, 3.05) is 13.1 Å². The Morgan fingerprint density at radius 2 is 1.83 bits per heavy atom. The van der Waals surface area contributed by atoms with Gasteiger partial charge >= 0.3 is 5.97 Å². The third-order valence-electron chi connectivity index (χ3n) is 4.89. The van der Waals surface area contributed by atoms with Crippen molar-refractivity contribution in [2.45, 2.75) is 44.4 Å². The lowest BCUT2D eigenvalue weighted by Gasteiger charge is -2.34. The molecule has 1 N–H and O–H groups in total. The highest BCUT2D eigenvalue weighted by molar-refractivity contribution is 7.89. The molecule has 0 saturated carbocycles. The molecule has 1 heterocycles. The molecular formula is C17H23NO4S. The van der Waals surface area contributed by atoms with Crippen LogP contribution in [0, 0.1) is 11.8 Å². The summed E-state index contributed by atoms with van der Waals surface area (Å²) in [6.45, 7) is 5.13. The number of aromatic carboxylic acids is 1. The van der Waals surface area contributed by atoms with Crippen molar-refractivity contribution in [3.8, 4) is 0 Å². The standard InChI is InChI=1S/C17H23NO4S/c1-11-6-12(2)10-18(9-11)23(21,22)14-7-13-4-3-5-15(13)16(8-14)17(19)20/h7-8,11-12H,3-6,9-10H2,1-2H3,(H,19,20)/t11-,12+. The van der Waals surface area contributed by atoms with Crippen molar-refractivity contribution >= 4 is 16.0 Å². The van der Waals surface area contributed by atoms with E-state index in [2.05, 4.69) is 13.8 Å². The second kappa shape index (κ2) is 5.91. The molecule has 0 radical (unpaired) electrons. The van der Waals surface area contributed by atoms with Gasteiger partial charge in [0.2, 0.25) is 10.0 Å². The van der Waals surface area contributed by atoms with Gasteiger partial charge in [-0.25, -0.2) is 13.2 Å². The van der Waals surface area contributed by atoms with Crippen molar-refractivity contribution in [1.82, 2.24) is 4.31 Å². The fraction of sp³-hybridized carbons (Fsp3) is 0.588. The Labute approximate surface area is 137 Å². The number of carboxylic acid groups (broad SMARTS) is 1. The Morgan fingerprint density at radius 3 is 2.43 bits per heavy atom. The Balaban J connectivity index is 2.03. The van der Waals surface area contributed by atoms with Gasteiger partial charge in [-0.15, -0.1) is 0 Å². The van der Waals surface area contributed by atoms with Gasteiger partial charge in [-0.05, 0) is 60.8 Å². The first-order chi connectivity index (χ1) is 10.8. The van der Waals surface area contributed by atoms with Crippen LogP contribution in [0.4, 0.5) is 0 Å². The summed E-state index contributed by atoms with van der Waals surface area (Å²) in [4.78, 5) is 11.6. The van der Waals surface area contributed by atoms with E-state index < -0.39 is 16.0 Å². The van der Waals surface area contributed by atoms with Crippen molar-refractivity contribution in [2.24, 2.45) is 11.8 Å². The number of carboxylic acids is 1. The van der Waals surface area contributed by atoms with Gasteiger partial charge in [-0.1, -0.05) is 13.8 Å². The zero-order valence-corrected chi connectivity index (χ0v) is 14.4. The number of sulfonamides is 1. The molecule has 1 aromatic rings. The second-order valence-corrected chi connectivity index (χ2v) is 8.97. The number of rotatable bonds is 3. The fourth-order valence-electron chi connectivity index (χ4n) is 3.97. The van der Waals surface area contributed by atoms with Crippen molar-refractivity contribution in [1.29, 1.82) is 0 Å². The van der Waals surface area contributed by atoms with E-state index in [4.69, 9.17) is 0 Å². The molecule has 0 aromatic heterocycles. The smallest absolute Gasteiger partial charge is 0.336 e. The zero-order valence-electron chi connectivity index (χ0n) is 13.6. The van der Waals surface area contributed by atoms with Crippen LogP contribution >= 0.6 is 0 Å². The van der Waals surface area contributed by atoms with E-state index in [1.807, 2.05) is 0 Å². The number of hydrogen-bond donors (Lipinski definition) is 1. The van der Waals surface area contributed by atoms with Crippen LogP contribution in [0.25, 0.3) is 0 Å². The van der Waals surface area contributed by atoms with Gasteiger partial charge in [-0.3, -0.25) is 0 Å². The maximum Gasteiger partial charge on any atom is 0.336 e. The Morgan fingerprint density at radius 1 is 1.17 bits per heavy atom. The minimum atomic E-state index is -3.64. The molecule has 23 heavy (non-hydrogen) atoms. The summed E-state index contributed by atoms with van der Waals surface area (Å²) in [5.41, 5.74) is 1.83. The maximum atomic E-state index is 13.0. The lowest BCUT2D eigenvalue weighted by molar-refractivity contribution is 0.0695. The maximum absolute atomic E-state index is 13.0. The van der Waals surface area contributed by atoms with Gasteiger partial charge in [0, 0.05) is 13.1 Å². The summed E-state index contributed by atoms with van der Waals surface area (Å²) in [6.07, 6.45) is 3.38. The van der Waals surface area contributed by atoms with E-state index in [0.29, 0.717) is 24.9 Å². The first kappa shape index (κ1) is 16.5. The molecule has 5 nitrogen and oxygen atoms in total. The van der Waals surface area contributed by atoms with Gasteiger partial charge in [0.25, 0.3) is 0 Å². The van der Waals surface area contributed by atoms with Gasteiger partial charge in [-0.2, -0.15) is 4.31 Å². The quantitative estimate of drug-likeness (QED) is 0.920. The normalized spacial score (nSPS) is 25.3. The second-order valence-electron chi connectivity index (χ2n) is 7.04. The van der Waals surface area contributed by atoms with Crippen LogP contribution in [0.5, 0.6) is 0 Å². The number of fused-ring (bicyclic) bond motifs is 1. The van der Waals surface area contributed by atoms with Gasteiger partial charge in [0.15, 0.2) is 0 Å². The Kier molecular flexibility index (Phi) is 4.23. The highest BCUT2D eigenvalue weighted by Crippen LogP contribution is 2.32. The first-order valence-corrected chi connectivity index (χ1v) is 9.62. The third kappa shape index (κ3) is 3.02. The van der Waals surface area contributed by atoms with Crippen molar-refractivity contribution in [3.63, 3.8) is 0 Å². The highest BCUT2D eigenvalue weighted by atomic mass is 32.2. The minimum Gasteiger partial charge on any atom is -0.478 e. The van der Waals surface area contributed by atoms with Crippen LogP contribution in [0.3, 0.4) is 0 Å². The van der Waals surface area contributed by atoms with E-state index in [1.165, 1.54) is 10.4 Å². The number of benzene rings is 1. The average Bonchev–Trinajstić information content (AvgIpc) is 2.93. The molecule has 3 rings (SSSR count). The lowest BCUT2D eigenvalue weighted by atomic mass is 9.94. The molecule has 126 valence electrons. The molecule has 1 aliphatic heterocycles. The summed E-state index contributed by atoms with van der Waals surface area (Å²) in [5, 5.41) is 9.43. The van der Waals surface area contributed by atoms with E-state index in [1.54, 1.807) is 6.07 Å². The molecule has 0 unspecified atom stereocenters. The molecule has 2 aliphatic rings. The van der Waals surface area contributed by atoms with Crippen molar-refractivity contribution in [3.05, 3.63) is 28.8 Å². The molecule has 2 atom stereocenters. The van der Waals surface area contributed by atoms with E-state index in [9.17, 15) is 18.3 Å². The number of carbonyl (C=O) groups is 1. The summed E-state index contributed by atoms with van der Waals surface area (Å²) >= 11 is 0. The van der Waals surface area contributed by atoms with Crippen LogP contribution in [-0.2, 0) is 22.9 Å². The Hall–Kier alpha value is -1.40. The van der Waals surface area contributed by atoms with E-state index >= 15 is 0 Å². The topological polar surface area (TPSA) is 74.7 Å². The predicted octanol–water partition coefficient (Wildman–Crippen LogP) is 2.54. The van der Waals surface area contributed by atoms with Gasteiger partial charge in [0.05, 0.1) is 10.5 Å². The van der Waals surface area contributed by atoms with E-state index in [0.717, 1.165) is 36.8 Å². The summed E-state index contributed by atoms with van der Waals surface area (Å²) < 4.78 is 27.5. The third-order valence-corrected chi connectivity index (χ3v) is 6.70. The minimum absolute atomic E-state index is 0.136. The highest BCUT2D eigenvalue weighted by Gasteiger charge is 2.33. The van der Waals surface area contributed by atoms with Crippen LogP contribution in [-0.4, -0.2) is 36.9 Å². The van der Waals surface area contributed by atoms with Gasteiger partial charge < -0.3 is 5.11 Å². The zero-order chi connectivity index (χ0) is 16.8. The predicted molar refractivity (Wildman–Crippen MR) is 87.1 cm³/mol. The average molecular weight is 337 g/mol. The molecule has 0 amide bonds. The molecule has 0 spiro atoms. The largest absolute Gasteiger partial charge is 0.478 e. The number of hydrogen-bond acceptors (Lipinski definition) is 3. The molecular weight excluding hydrogens is 314 g/mol. The number of piperidine rings is 1. The molecule has 1 fully saturated rings. The Bertz CT molecular complexity index is 731. The monoisotopic (exact) mass is 337 g/mol. The summed E-state index contributed by atoms with van der Waals surface area (Å²) in [5.74, 6) is -0.399. The fourth-order valence-corrected chi connectivity index (χ4v) is 5.73. The molecule has 1 aromatic carbocycles. The van der Waals surface area contributed by atoms with Crippen LogP contribution in [0.15, 0.2) is 17.0 Å². The number of aryl methyl sites for hydroxylation is 1. The summed E-state index contributed by atoms with van der Waals surface area (Å²) in [7, 11) is -3.64. The van der Waals surface area contributed by atoms with Crippen LogP contribution in [0.1, 0.15) is 48.2 Å². The first-order valence-electron chi connectivity index (χ1n) is 8.18. The van der Waals surface area contributed by atoms with Crippen LogP contribution in [0.2, 0.25) is 0 Å². The number of nitrogens with zero attached hydrogens (tertiary/aromatic N) is 1. The molecule has 1 saturated heterocycles. The SMILES string of the molecule is C[C@@H]1C[C@H](C)CN(S(=O)(=O)c2cc3c(c(C(=O)O)c2)CCC3)C1. The molecule has 0 bridgehead atoms. The lowest BCUT2D eigenvalue weighted by Crippen LogP contribution is -2.42.